The summed E-state index contributed by atoms with van der Waals surface area (Å²) in [4.78, 5) is 20.6. The fourth-order valence-corrected chi connectivity index (χ4v) is 4.60. The average molecular weight is 357 g/mol. The minimum absolute atomic E-state index is 0.0397. The molecular weight excluding hydrogens is 334 g/mol. The van der Waals surface area contributed by atoms with Crippen LogP contribution in [-0.4, -0.2) is 22.4 Å². The quantitative estimate of drug-likeness (QED) is 0.704. The lowest BCUT2D eigenvalue weighted by atomic mass is 9.78. The summed E-state index contributed by atoms with van der Waals surface area (Å²) in [7, 11) is 0. The van der Waals surface area contributed by atoms with Crippen molar-refractivity contribution in [2.75, 3.05) is 6.54 Å². The van der Waals surface area contributed by atoms with Crippen LogP contribution in [0.25, 0.3) is 22.5 Å². The predicted molar refractivity (Wildman–Crippen MR) is 107 cm³/mol. The number of pyridine rings is 1. The van der Waals surface area contributed by atoms with Gasteiger partial charge in [0.05, 0.1) is 11.3 Å². The summed E-state index contributed by atoms with van der Waals surface area (Å²) in [6, 6.07) is 14.5. The highest BCUT2D eigenvalue weighted by Gasteiger charge is 2.43. The van der Waals surface area contributed by atoms with Gasteiger partial charge in [-0.2, -0.15) is 0 Å². The highest BCUT2D eigenvalue weighted by atomic mass is 16.1. The van der Waals surface area contributed by atoms with Crippen LogP contribution in [0.4, 0.5) is 0 Å². The SMILES string of the molecule is Cc1ccc(-c2cc(-c3cc4c([nH]3)C3(CCCC3)CNC4=O)ccn2)cc1. The van der Waals surface area contributed by atoms with Gasteiger partial charge in [-0.05, 0) is 38.0 Å². The van der Waals surface area contributed by atoms with Crippen molar-refractivity contribution < 1.29 is 4.79 Å². The molecule has 0 unspecified atom stereocenters. The smallest absolute Gasteiger partial charge is 0.253 e. The molecule has 2 aromatic heterocycles. The number of nitrogens with zero attached hydrogens (tertiary/aromatic N) is 1. The highest BCUT2D eigenvalue weighted by molar-refractivity contribution is 5.98. The maximum Gasteiger partial charge on any atom is 0.253 e. The number of aryl methyl sites for hydroxylation is 1. The number of nitrogens with one attached hydrogen (secondary N) is 2. The summed E-state index contributed by atoms with van der Waals surface area (Å²) >= 11 is 0. The average Bonchev–Trinajstić information content (AvgIpc) is 3.35. The molecule has 3 aromatic rings. The molecule has 0 atom stereocenters. The van der Waals surface area contributed by atoms with Gasteiger partial charge in [-0.3, -0.25) is 9.78 Å². The molecular formula is C23H23N3O. The fourth-order valence-electron chi connectivity index (χ4n) is 4.60. The van der Waals surface area contributed by atoms with Gasteiger partial charge in [0, 0.05) is 40.7 Å². The normalized spacial score (nSPS) is 17.7. The van der Waals surface area contributed by atoms with Gasteiger partial charge in [0.15, 0.2) is 0 Å². The van der Waals surface area contributed by atoms with Crippen molar-refractivity contribution in [2.45, 2.75) is 38.0 Å². The topological polar surface area (TPSA) is 57.8 Å². The number of aromatic amines is 1. The predicted octanol–water partition coefficient (Wildman–Crippen LogP) is 4.61. The van der Waals surface area contributed by atoms with Gasteiger partial charge >= 0.3 is 0 Å². The lowest BCUT2D eigenvalue weighted by Gasteiger charge is -2.33. The number of aromatic nitrogens is 2. The van der Waals surface area contributed by atoms with E-state index < -0.39 is 0 Å². The lowest BCUT2D eigenvalue weighted by Crippen LogP contribution is -2.45. The number of hydrogen-bond donors (Lipinski definition) is 2. The molecule has 1 aliphatic heterocycles. The number of benzene rings is 1. The number of carbonyl (C=O) groups excluding carboxylic acids is 1. The van der Waals surface area contributed by atoms with Crippen molar-refractivity contribution in [2.24, 2.45) is 0 Å². The third-order valence-electron chi connectivity index (χ3n) is 6.16. The summed E-state index contributed by atoms with van der Waals surface area (Å²) in [5.41, 5.74) is 7.38. The second-order valence-corrected chi connectivity index (χ2v) is 7.94. The highest BCUT2D eigenvalue weighted by Crippen LogP contribution is 2.44. The van der Waals surface area contributed by atoms with Crippen LogP contribution >= 0.6 is 0 Å². The van der Waals surface area contributed by atoms with E-state index >= 15 is 0 Å². The number of hydrogen-bond acceptors (Lipinski definition) is 2. The molecule has 1 spiro atoms. The molecule has 136 valence electrons. The van der Waals surface area contributed by atoms with E-state index in [1.807, 2.05) is 18.3 Å². The molecule has 1 fully saturated rings. The molecule has 0 radical (unpaired) electrons. The minimum atomic E-state index is 0.0397. The summed E-state index contributed by atoms with van der Waals surface area (Å²) < 4.78 is 0. The van der Waals surface area contributed by atoms with Gasteiger partial charge in [0.25, 0.3) is 5.91 Å². The second-order valence-electron chi connectivity index (χ2n) is 7.94. The van der Waals surface area contributed by atoms with Gasteiger partial charge in [-0.1, -0.05) is 42.7 Å². The van der Waals surface area contributed by atoms with Crippen LogP contribution in [0.2, 0.25) is 0 Å². The van der Waals surface area contributed by atoms with E-state index in [4.69, 9.17) is 0 Å². The van der Waals surface area contributed by atoms with Crippen LogP contribution in [0.3, 0.4) is 0 Å². The van der Waals surface area contributed by atoms with Crippen LogP contribution in [0.15, 0.2) is 48.7 Å². The molecule has 2 N–H and O–H groups in total. The van der Waals surface area contributed by atoms with E-state index in [-0.39, 0.29) is 11.3 Å². The Bertz CT molecular complexity index is 1010. The van der Waals surface area contributed by atoms with E-state index in [9.17, 15) is 4.79 Å². The summed E-state index contributed by atoms with van der Waals surface area (Å²) in [6.45, 7) is 2.84. The fraction of sp³-hybridized carbons (Fsp3) is 0.304. The van der Waals surface area contributed by atoms with Crippen molar-refractivity contribution in [1.82, 2.24) is 15.3 Å². The first-order chi connectivity index (χ1) is 13.1. The van der Waals surface area contributed by atoms with Gasteiger partial charge in [-0.25, -0.2) is 0 Å². The largest absolute Gasteiger partial charge is 0.357 e. The number of fused-ring (bicyclic) bond motifs is 2. The molecule has 1 amide bonds. The van der Waals surface area contributed by atoms with Gasteiger partial charge < -0.3 is 10.3 Å². The Kier molecular flexibility index (Phi) is 3.67. The summed E-state index contributed by atoms with van der Waals surface area (Å²) in [5, 5.41) is 3.11. The number of amides is 1. The summed E-state index contributed by atoms with van der Waals surface area (Å²) in [5.74, 6) is 0.0397. The number of H-pyrrole nitrogens is 1. The molecule has 5 rings (SSSR count). The third kappa shape index (κ3) is 2.67. The number of carbonyl (C=O) groups is 1. The Morgan fingerprint density at radius 1 is 1.00 bits per heavy atom. The monoisotopic (exact) mass is 357 g/mol. The first-order valence-corrected chi connectivity index (χ1v) is 9.70. The van der Waals surface area contributed by atoms with E-state index in [1.54, 1.807) is 0 Å². The third-order valence-corrected chi connectivity index (χ3v) is 6.16. The van der Waals surface area contributed by atoms with Crippen molar-refractivity contribution in [3.05, 3.63) is 65.5 Å². The van der Waals surface area contributed by atoms with Gasteiger partial charge in [-0.15, -0.1) is 0 Å². The van der Waals surface area contributed by atoms with Crippen LogP contribution in [-0.2, 0) is 5.41 Å². The molecule has 4 heteroatoms. The minimum Gasteiger partial charge on any atom is -0.357 e. The second kappa shape index (κ2) is 6.08. The maximum absolute atomic E-state index is 12.4. The van der Waals surface area contributed by atoms with Crippen LogP contribution in [0.1, 0.15) is 47.3 Å². The van der Waals surface area contributed by atoms with E-state index in [0.29, 0.717) is 0 Å². The summed E-state index contributed by atoms with van der Waals surface area (Å²) in [6.07, 6.45) is 6.60. The molecule has 27 heavy (non-hydrogen) atoms. The maximum atomic E-state index is 12.4. The Morgan fingerprint density at radius 3 is 2.56 bits per heavy atom. The molecule has 1 saturated carbocycles. The molecule has 0 bridgehead atoms. The number of rotatable bonds is 2. The van der Waals surface area contributed by atoms with Crippen LogP contribution < -0.4 is 5.32 Å². The van der Waals surface area contributed by atoms with E-state index in [1.165, 1.54) is 18.4 Å². The first kappa shape index (κ1) is 16.3. The standard InChI is InChI=1S/C23H23N3O/c1-15-4-6-16(7-5-15)19-12-17(8-11-24-19)20-13-18-21(26-20)23(9-2-3-10-23)14-25-22(18)27/h4-8,11-13,26H,2-3,9-10,14H2,1H3,(H,25,27). The van der Waals surface area contributed by atoms with Crippen LogP contribution in [0, 0.1) is 6.92 Å². The molecule has 1 aliphatic carbocycles. The Hall–Kier alpha value is -2.88. The Morgan fingerprint density at radius 2 is 1.78 bits per heavy atom. The molecule has 3 heterocycles. The van der Waals surface area contributed by atoms with E-state index in [2.05, 4.69) is 52.5 Å². The zero-order valence-electron chi connectivity index (χ0n) is 15.5. The van der Waals surface area contributed by atoms with Crippen LogP contribution in [0.5, 0.6) is 0 Å². The lowest BCUT2D eigenvalue weighted by molar-refractivity contribution is 0.0924. The van der Waals surface area contributed by atoms with Crippen molar-refractivity contribution in [3.8, 4) is 22.5 Å². The zero-order chi connectivity index (χ0) is 18.4. The van der Waals surface area contributed by atoms with Crippen molar-refractivity contribution in [3.63, 3.8) is 0 Å². The molecule has 2 aliphatic rings. The Balaban J connectivity index is 1.57. The molecule has 0 saturated heterocycles. The van der Waals surface area contributed by atoms with Gasteiger partial charge in [0.2, 0.25) is 0 Å². The Labute approximate surface area is 159 Å². The van der Waals surface area contributed by atoms with Crippen molar-refractivity contribution >= 4 is 5.91 Å². The molecule has 4 nitrogen and oxygen atoms in total. The van der Waals surface area contributed by atoms with Gasteiger partial charge in [0.1, 0.15) is 0 Å². The van der Waals surface area contributed by atoms with E-state index in [0.717, 1.165) is 53.2 Å². The zero-order valence-corrected chi connectivity index (χ0v) is 15.5. The molecule has 1 aromatic carbocycles. The first-order valence-electron chi connectivity index (χ1n) is 9.70. The van der Waals surface area contributed by atoms with Crippen molar-refractivity contribution in [1.29, 1.82) is 0 Å².